The van der Waals surface area contributed by atoms with Gasteiger partial charge in [0.15, 0.2) is 11.4 Å². The van der Waals surface area contributed by atoms with Crippen LogP contribution in [0.3, 0.4) is 0 Å². The maximum Gasteiger partial charge on any atom is 0.169 e. The number of hydrogen-bond donors (Lipinski definition) is 0. The van der Waals surface area contributed by atoms with Crippen LogP contribution in [-0.2, 0) is 11.2 Å². The molecular formula is C11H9FO2. The molecule has 0 bridgehead atoms. The maximum atomic E-state index is 13.2. The molecule has 1 heterocycles. The minimum Gasteiger partial charge on any atom is -0.461 e. The molecule has 0 aliphatic heterocycles. The van der Waals surface area contributed by atoms with Crippen LogP contribution in [0.2, 0.25) is 0 Å². The van der Waals surface area contributed by atoms with Gasteiger partial charge in [-0.2, -0.15) is 0 Å². The number of ketones is 1. The van der Waals surface area contributed by atoms with Crippen molar-refractivity contribution >= 4 is 16.8 Å². The molecule has 0 spiro atoms. The standard InChI is InChI=1S/C11H9FO2/c1-7(13)5-8-6-14-11-9(8)3-2-4-10(11)12/h2-4,6H,5H2,1H3. The van der Waals surface area contributed by atoms with Gasteiger partial charge in [-0.3, -0.25) is 4.79 Å². The first-order valence-electron chi connectivity index (χ1n) is 4.32. The highest BCUT2D eigenvalue weighted by molar-refractivity contribution is 5.87. The zero-order chi connectivity index (χ0) is 10.1. The lowest BCUT2D eigenvalue weighted by atomic mass is 10.1. The number of carbonyl (C=O) groups excluding carboxylic acids is 1. The summed E-state index contributed by atoms with van der Waals surface area (Å²) in [6, 6.07) is 4.69. The molecule has 2 nitrogen and oxygen atoms in total. The second-order valence-corrected chi connectivity index (χ2v) is 3.26. The van der Waals surface area contributed by atoms with Crippen LogP contribution < -0.4 is 0 Å². The zero-order valence-corrected chi connectivity index (χ0v) is 7.71. The summed E-state index contributed by atoms with van der Waals surface area (Å²) in [7, 11) is 0. The van der Waals surface area contributed by atoms with Crippen molar-refractivity contribution < 1.29 is 13.6 Å². The van der Waals surface area contributed by atoms with E-state index in [1.807, 2.05) is 0 Å². The van der Waals surface area contributed by atoms with Crippen LogP contribution in [0.4, 0.5) is 4.39 Å². The predicted octanol–water partition coefficient (Wildman–Crippen LogP) is 2.70. The molecule has 3 heteroatoms. The first-order chi connectivity index (χ1) is 6.68. The Hall–Kier alpha value is -1.64. The summed E-state index contributed by atoms with van der Waals surface area (Å²) in [6.07, 6.45) is 1.73. The van der Waals surface area contributed by atoms with E-state index in [4.69, 9.17) is 4.42 Å². The van der Waals surface area contributed by atoms with Crippen molar-refractivity contribution in [1.82, 2.24) is 0 Å². The normalized spacial score (nSPS) is 10.7. The lowest BCUT2D eigenvalue weighted by Gasteiger charge is -1.93. The molecule has 0 N–H and O–H groups in total. The van der Waals surface area contributed by atoms with E-state index < -0.39 is 5.82 Å². The Morgan fingerprint density at radius 2 is 2.29 bits per heavy atom. The van der Waals surface area contributed by atoms with Crippen molar-refractivity contribution in [2.75, 3.05) is 0 Å². The van der Waals surface area contributed by atoms with Crippen LogP contribution in [0.25, 0.3) is 11.0 Å². The Balaban J connectivity index is 2.58. The summed E-state index contributed by atoms with van der Waals surface area (Å²) in [5, 5.41) is 0.681. The number of rotatable bonds is 2. The van der Waals surface area contributed by atoms with E-state index >= 15 is 0 Å². The fourth-order valence-electron chi connectivity index (χ4n) is 1.48. The highest BCUT2D eigenvalue weighted by Gasteiger charge is 2.10. The summed E-state index contributed by atoms with van der Waals surface area (Å²) in [4.78, 5) is 10.9. The molecule has 0 aliphatic carbocycles. The smallest absolute Gasteiger partial charge is 0.169 e. The lowest BCUT2D eigenvalue weighted by Crippen LogP contribution is -1.94. The van der Waals surface area contributed by atoms with Gasteiger partial charge < -0.3 is 4.42 Å². The first-order valence-corrected chi connectivity index (χ1v) is 4.32. The molecule has 1 aromatic heterocycles. The SMILES string of the molecule is CC(=O)Cc1coc2c(F)cccc12. The summed E-state index contributed by atoms with van der Waals surface area (Å²) >= 11 is 0. The number of halogens is 1. The molecule has 2 rings (SSSR count). The van der Waals surface area contributed by atoms with Gasteiger partial charge in [-0.05, 0) is 13.0 Å². The predicted molar refractivity (Wildman–Crippen MR) is 50.6 cm³/mol. The van der Waals surface area contributed by atoms with Gasteiger partial charge in [0.2, 0.25) is 0 Å². The van der Waals surface area contributed by atoms with Crippen molar-refractivity contribution in [2.24, 2.45) is 0 Å². The highest BCUT2D eigenvalue weighted by Crippen LogP contribution is 2.23. The molecule has 0 radical (unpaired) electrons. The quantitative estimate of drug-likeness (QED) is 0.732. The summed E-state index contributed by atoms with van der Waals surface area (Å²) in [5.74, 6) is -0.353. The molecule has 14 heavy (non-hydrogen) atoms. The second-order valence-electron chi connectivity index (χ2n) is 3.26. The average molecular weight is 192 g/mol. The molecule has 2 aromatic rings. The van der Waals surface area contributed by atoms with Gasteiger partial charge in [-0.15, -0.1) is 0 Å². The molecule has 0 amide bonds. The van der Waals surface area contributed by atoms with E-state index in [2.05, 4.69) is 0 Å². The fraction of sp³-hybridized carbons (Fsp3) is 0.182. The largest absolute Gasteiger partial charge is 0.461 e. The molecule has 0 fully saturated rings. The van der Waals surface area contributed by atoms with Gasteiger partial charge in [-0.1, -0.05) is 12.1 Å². The van der Waals surface area contributed by atoms with Gasteiger partial charge in [0.25, 0.3) is 0 Å². The molecule has 0 atom stereocenters. The van der Waals surface area contributed by atoms with Gasteiger partial charge in [-0.25, -0.2) is 4.39 Å². The zero-order valence-electron chi connectivity index (χ0n) is 7.71. The maximum absolute atomic E-state index is 13.2. The van der Waals surface area contributed by atoms with E-state index in [0.29, 0.717) is 5.39 Å². The molecule has 1 aromatic carbocycles. The minimum absolute atomic E-state index is 0.0389. The van der Waals surface area contributed by atoms with Gasteiger partial charge >= 0.3 is 0 Å². The average Bonchev–Trinajstić information content (AvgIpc) is 2.49. The number of hydrogen-bond acceptors (Lipinski definition) is 2. The van der Waals surface area contributed by atoms with Crippen LogP contribution in [-0.4, -0.2) is 5.78 Å². The molecular weight excluding hydrogens is 183 g/mol. The Kier molecular flexibility index (Phi) is 2.08. The Morgan fingerprint density at radius 1 is 1.50 bits per heavy atom. The lowest BCUT2D eigenvalue weighted by molar-refractivity contribution is -0.116. The third kappa shape index (κ3) is 1.41. The van der Waals surface area contributed by atoms with E-state index in [0.717, 1.165) is 5.56 Å². The van der Waals surface area contributed by atoms with Gasteiger partial charge in [0.05, 0.1) is 6.26 Å². The van der Waals surface area contributed by atoms with E-state index in [-0.39, 0.29) is 17.8 Å². The van der Waals surface area contributed by atoms with Crippen molar-refractivity contribution in [1.29, 1.82) is 0 Å². The minimum atomic E-state index is -0.391. The number of carbonyl (C=O) groups is 1. The highest BCUT2D eigenvalue weighted by atomic mass is 19.1. The Labute approximate surface area is 80.3 Å². The van der Waals surface area contributed by atoms with E-state index in [1.54, 1.807) is 12.1 Å². The van der Waals surface area contributed by atoms with Crippen LogP contribution in [0, 0.1) is 5.82 Å². The van der Waals surface area contributed by atoms with Crippen molar-refractivity contribution in [3.8, 4) is 0 Å². The monoisotopic (exact) mass is 192 g/mol. The summed E-state index contributed by atoms with van der Waals surface area (Å²) in [6.45, 7) is 1.50. The molecule has 72 valence electrons. The fourth-order valence-corrected chi connectivity index (χ4v) is 1.48. The summed E-state index contributed by atoms with van der Waals surface area (Å²) in [5.41, 5.74) is 0.968. The van der Waals surface area contributed by atoms with Crippen LogP contribution in [0.5, 0.6) is 0 Å². The van der Waals surface area contributed by atoms with Crippen molar-refractivity contribution in [3.05, 3.63) is 35.8 Å². The van der Waals surface area contributed by atoms with E-state index in [1.165, 1.54) is 19.3 Å². The molecule has 0 unspecified atom stereocenters. The van der Waals surface area contributed by atoms with Crippen molar-refractivity contribution in [2.45, 2.75) is 13.3 Å². The number of benzene rings is 1. The van der Waals surface area contributed by atoms with Crippen molar-refractivity contribution in [3.63, 3.8) is 0 Å². The number of para-hydroxylation sites is 1. The number of furan rings is 1. The van der Waals surface area contributed by atoms with Crippen LogP contribution >= 0.6 is 0 Å². The van der Waals surface area contributed by atoms with Gasteiger partial charge in [0, 0.05) is 17.4 Å². The van der Waals surface area contributed by atoms with E-state index in [9.17, 15) is 9.18 Å². The second kappa shape index (κ2) is 3.25. The molecule has 0 saturated heterocycles. The number of fused-ring (bicyclic) bond motifs is 1. The molecule has 0 aliphatic rings. The molecule has 0 saturated carbocycles. The first kappa shape index (κ1) is 8.94. The third-order valence-corrected chi connectivity index (χ3v) is 2.07. The Morgan fingerprint density at radius 3 is 3.00 bits per heavy atom. The Bertz CT molecular complexity index is 485. The number of Topliss-reactive ketones (excluding diaryl/α,β-unsaturated/α-hetero) is 1. The van der Waals surface area contributed by atoms with Gasteiger partial charge in [0.1, 0.15) is 5.78 Å². The third-order valence-electron chi connectivity index (χ3n) is 2.07. The van der Waals surface area contributed by atoms with Crippen LogP contribution in [0.15, 0.2) is 28.9 Å². The topological polar surface area (TPSA) is 30.2 Å². The van der Waals surface area contributed by atoms with Crippen LogP contribution in [0.1, 0.15) is 12.5 Å². The summed E-state index contributed by atoms with van der Waals surface area (Å²) < 4.78 is 18.2.